The highest BCUT2D eigenvalue weighted by Crippen LogP contribution is 2.30. The van der Waals surface area contributed by atoms with Gasteiger partial charge in [0.25, 0.3) is 0 Å². The number of aliphatic hydroxyl groups excluding tert-OH is 1. The average Bonchev–Trinajstić information content (AvgIpc) is 2.39. The van der Waals surface area contributed by atoms with Crippen molar-refractivity contribution in [3.05, 3.63) is 17.0 Å². The molecule has 0 amide bonds. The Morgan fingerprint density at radius 2 is 2.00 bits per heavy atom. The van der Waals surface area contributed by atoms with Crippen LogP contribution in [-0.4, -0.2) is 26.1 Å². The van der Waals surface area contributed by atoms with Gasteiger partial charge >= 0.3 is 5.51 Å². The lowest BCUT2D eigenvalue weighted by Gasteiger charge is -2.08. The monoisotopic (exact) mass is 268 g/mol. The van der Waals surface area contributed by atoms with Crippen LogP contribution >= 0.6 is 11.8 Å². The third-order valence-corrected chi connectivity index (χ3v) is 3.14. The molecule has 1 rings (SSSR count). The minimum atomic E-state index is -4.21. The molecule has 0 saturated heterocycles. The first kappa shape index (κ1) is 14.4. The Morgan fingerprint density at radius 1 is 1.41 bits per heavy atom. The van der Waals surface area contributed by atoms with Crippen molar-refractivity contribution in [3.8, 4) is 0 Å². The summed E-state index contributed by atoms with van der Waals surface area (Å²) in [5, 5.41) is 13.6. The van der Waals surface area contributed by atoms with E-state index < -0.39 is 11.6 Å². The molecule has 0 radical (unpaired) electrons. The molecule has 0 bridgehead atoms. The summed E-state index contributed by atoms with van der Waals surface area (Å²) in [6.07, 6.45) is -0.654. The predicted molar refractivity (Wildman–Crippen MR) is 60.8 cm³/mol. The van der Waals surface area contributed by atoms with Crippen LogP contribution in [-0.2, 0) is 6.54 Å². The van der Waals surface area contributed by atoms with Crippen LogP contribution in [0, 0.1) is 13.8 Å². The fourth-order valence-electron chi connectivity index (χ4n) is 1.78. The van der Waals surface area contributed by atoms with Crippen molar-refractivity contribution in [3.63, 3.8) is 0 Å². The number of rotatable bonds is 4. The second-order valence-corrected chi connectivity index (χ2v) is 4.94. The van der Waals surface area contributed by atoms with Gasteiger partial charge in [-0.1, -0.05) is 0 Å². The van der Waals surface area contributed by atoms with E-state index in [4.69, 9.17) is 0 Å². The van der Waals surface area contributed by atoms with Crippen LogP contribution in [0.2, 0.25) is 0 Å². The highest BCUT2D eigenvalue weighted by atomic mass is 32.2. The Labute approximate surface area is 102 Å². The van der Waals surface area contributed by atoms with Crippen molar-refractivity contribution < 1.29 is 18.3 Å². The van der Waals surface area contributed by atoms with Crippen LogP contribution in [0.1, 0.15) is 30.0 Å². The number of nitrogens with zero attached hydrogens (tertiary/aromatic N) is 2. The summed E-state index contributed by atoms with van der Waals surface area (Å²) in [7, 11) is 0. The van der Waals surface area contributed by atoms with E-state index >= 15 is 0 Å². The number of aromatic nitrogens is 2. The van der Waals surface area contributed by atoms with Crippen molar-refractivity contribution in [2.75, 3.05) is 5.75 Å². The summed E-state index contributed by atoms with van der Waals surface area (Å²) in [5.41, 5.74) is -2.12. The van der Waals surface area contributed by atoms with Crippen molar-refractivity contribution in [1.82, 2.24) is 9.78 Å². The summed E-state index contributed by atoms with van der Waals surface area (Å²) >= 11 is -0.0627. The van der Waals surface area contributed by atoms with Crippen LogP contribution in [0.4, 0.5) is 13.2 Å². The van der Waals surface area contributed by atoms with E-state index in [9.17, 15) is 18.3 Å². The minimum Gasteiger partial charge on any atom is -0.389 e. The second kappa shape index (κ2) is 5.30. The molecular weight excluding hydrogens is 253 g/mol. The van der Waals surface area contributed by atoms with Crippen LogP contribution in [0.25, 0.3) is 0 Å². The molecule has 0 aliphatic heterocycles. The first-order chi connectivity index (χ1) is 7.72. The normalized spacial score (nSPS) is 14.1. The number of aliphatic hydroxyl groups is 1. The van der Waals surface area contributed by atoms with Crippen LogP contribution in [0.3, 0.4) is 0 Å². The second-order valence-electron chi connectivity index (χ2n) is 3.78. The summed E-state index contributed by atoms with van der Waals surface area (Å²) in [4.78, 5) is 0. The molecule has 7 heteroatoms. The highest BCUT2D eigenvalue weighted by Gasteiger charge is 2.27. The summed E-state index contributed by atoms with van der Waals surface area (Å²) in [5.74, 6) is -0.0787. The number of aryl methyl sites for hydroxylation is 2. The number of alkyl halides is 3. The Bertz CT molecular complexity index is 388. The molecule has 1 unspecified atom stereocenters. The van der Waals surface area contributed by atoms with E-state index in [1.54, 1.807) is 20.8 Å². The fourth-order valence-corrected chi connectivity index (χ4v) is 2.28. The lowest BCUT2D eigenvalue weighted by Crippen LogP contribution is -2.09. The van der Waals surface area contributed by atoms with E-state index in [-0.39, 0.29) is 24.1 Å². The molecule has 0 fully saturated rings. The van der Waals surface area contributed by atoms with Gasteiger partial charge in [-0.15, -0.1) is 0 Å². The van der Waals surface area contributed by atoms with Gasteiger partial charge in [-0.05, 0) is 32.5 Å². The van der Waals surface area contributed by atoms with Crippen molar-refractivity contribution in [1.29, 1.82) is 0 Å². The van der Waals surface area contributed by atoms with Crippen molar-refractivity contribution >= 4 is 11.8 Å². The van der Waals surface area contributed by atoms with Gasteiger partial charge in [-0.2, -0.15) is 18.3 Å². The molecule has 1 atom stereocenters. The SMILES string of the molecule is Cc1nn(CCSC(F)(F)F)c(C)c1C(C)O. The standard InChI is InChI=1S/C10H15F3N2OS/c1-6-9(8(3)16)7(2)15(14-6)4-5-17-10(11,12)13/h8,16H,4-5H2,1-3H3. The predicted octanol–water partition coefficient (Wildman–Crippen LogP) is 2.81. The number of hydrogen-bond acceptors (Lipinski definition) is 3. The molecule has 3 nitrogen and oxygen atoms in total. The zero-order valence-electron chi connectivity index (χ0n) is 9.88. The fraction of sp³-hybridized carbons (Fsp3) is 0.700. The van der Waals surface area contributed by atoms with E-state index in [1.807, 2.05) is 0 Å². The Balaban J connectivity index is 2.70. The molecule has 17 heavy (non-hydrogen) atoms. The largest absolute Gasteiger partial charge is 0.441 e. The van der Waals surface area contributed by atoms with Gasteiger partial charge in [-0.3, -0.25) is 4.68 Å². The molecule has 0 aromatic carbocycles. The lowest BCUT2D eigenvalue weighted by atomic mass is 10.1. The quantitative estimate of drug-likeness (QED) is 0.912. The third-order valence-electron chi connectivity index (χ3n) is 2.42. The number of hydrogen-bond donors (Lipinski definition) is 1. The van der Waals surface area contributed by atoms with E-state index in [0.29, 0.717) is 11.3 Å². The van der Waals surface area contributed by atoms with Crippen LogP contribution in [0.5, 0.6) is 0 Å². The smallest absolute Gasteiger partial charge is 0.389 e. The zero-order valence-corrected chi connectivity index (χ0v) is 10.7. The van der Waals surface area contributed by atoms with Crippen molar-refractivity contribution in [2.24, 2.45) is 0 Å². The van der Waals surface area contributed by atoms with Gasteiger partial charge in [0.2, 0.25) is 0 Å². The Hall–Kier alpha value is -0.690. The first-order valence-corrected chi connectivity index (χ1v) is 6.13. The Morgan fingerprint density at radius 3 is 2.41 bits per heavy atom. The topological polar surface area (TPSA) is 38.0 Å². The van der Waals surface area contributed by atoms with Crippen LogP contribution in [0.15, 0.2) is 0 Å². The Kier molecular flexibility index (Phi) is 4.48. The van der Waals surface area contributed by atoms with Crippen LogP contribution < -0.4 is 0 Å². The third kappa shape index (κ3) is 3.92. The highest BCUT2D eigenvalue weighted by molar-refractivity contribution is 8.00. The first-order valence-electron chi connectivity index (χ1n) is 5.15. The summed E-state index contributed by atoms with van der Waals surface area (Å²) < 4.78 is 37.4. The molecular formula is C10H15F3N2OS. The van der Waals surface area contributed by atoms with Gasteiger partial charge in [0.05, 0.1) is 18.3 Å². The lowest BCUT2D eigenvalue weighted by molar-refractivity contribution is -0.0328. The molecule has 0 saturated carbocycles. The van der Waals surface area contributed by atoms with Gasteiger partial charge in [0, 0.05) is 17.0 Å². The summed E-state index contributed by atoms with van der Waals surface area (Å²) in [6, 6.07) is 0. The molecule has 1 N–H and O–H groups in total. The zero-order chi connectivity index (χ0) is 13.2. The molecule has 1 aromatic heterocycles. The molecule has 1 aromatic rings. The van der Waals surface area contributed by atoms with E-state index in [0.717, 1.165) is 5.69 Å². The van der Waals surface area contributed by atoms with Gasteiger partial charge in [-0.25, -0.2) is 0 Å². The van der Waals surface area contributed by atoms with Gasteiger partial charge in [0.15, 0.2) is 0 Å². The average molecular weight is 268 g/mol. The molecule has 0 aliphatic rings. The number of thioether (sulfide) groups is 1. The molecule has 0 spiro atoms. The molecule has 1 heterocycles. The van der Waals surface area contributed by atoms with Gasteiger partial charge in [0.1, 0.15) is 0 Å². The van der Waals surface area contributed by atoms with Gasteiger partial charge < -0.3 is 5.11 Å². The van der Waals surface area contributed by atoms with E-state index in [2.05, 4.69) is 5.10 Å². The van der Waals surface area contributed by atoms with E-state index in [1.165, 1.54) is 4.68 Å². The van der Waals surface area contributed by atoms with Crippen molar-refractivity contribution in [2.45, 2.75) is 38.9 Å². The maximum absolute atomic E-state index is 12.0. The maximum atomic E-state index is 12.0. The molecule has 98 valence electrons. The minimum absolute atomic E-state index is 0.0627. The number of halogens is 3. The summed E-state index contributed by atoms with van der Waals surface area (Å²) in [6.45, 7) is 5.29. The maximum Gasteiger partial charge on any atom is 0.441 e. The molecule has 0 aliphatic carbocycles.